The van der Waals surface area contributed by atoms with Crippen LogP contribution in [0.1, 0.15) is 20.8 Å². The summed E-state index contributed by atoms with van der Waals surface area (Å²) in [4.78, 5) is 22.4. The molecule has 0 aliphatic carbocycles. The highest BCUT2D eigenvalue weighted by Crippen LogP contribution is 2.15. The van der Waals surface area contributed by atoms with E-state index < -0.39 is 24.8 Å². The van der Waals surface area contributed by atoms with Crippen LogP contribution in [0.5, 0.6) is 0 Å². The van der Waals surface area contributed by atoms with Crippen molar-refractivity contribution in [3.8, 4) is 0 Å². The summed E-state index contributed by atoms with van der Waals surface area (Å²) in [6.07, 6.45) is -0.956. The Bertz CT molecular complexity index is 337. The van der Waals surface area contributed by atoms with Gasteiger partial charge in [0.15, 0.2) is 6.61 Å². The fourth-order valence-corrected chi connectivity index (χ4v) is 1.25. The second-order valence-electron chi connectivity index (χ2n) is 4.16. The third-order valence-corrected chi connectivity index (χ3v) is 2.46. The van der Waals surface area contributed by atoms with Gasteiger partial charge in [0, 0.05) is 5.57 Å². The molecule has 0 aromatic rings. The topological polar surface area (TPSA) is 71.1 Å². The van der Waals surface area contributed by atoms with Gasteiger partial charge in [0.05, 0.1) is 12.2 Å². The van der Waals surface area contributed by atoms with E-state index in [1.807, 2.05) is 13.8 Å². The smallest absolute Gasteiger partial charge is 0.346 e. The van der Waals surface area contributed by atoms with Crippen LogP contribution in [0.4, 0.5) is 0 Å². The molecule has 1 aliphatic rings. The summed E-state index contributed by atoms with van der Waals surface area (Å²) in [5, 5.41) is 0. The van der Waals surface area contributed by atoms with Crippen molar-refractivity contribution in [1.29, 1.82) is 0 Å². The minimum atomic E-state index is -0.757. The van der Waals surface area contributed by atoms with Crippen molar-refractivity contribution in [3.63, 3.8) is 0 Å². The molecular formula is C12H18O6. The van der Waals surface area contributed by atoms with Crippen molar-refractivity contribution in [2.75, 3.05) is 13.2 Å². The highest BCUT2D eigenvalue weighted by atomic mass is 16.7. The van der Waals surface area contributed by atoms with E-state index in [-0.39, 0.29) is 24.4 Å². The molecule has 0 radical (unpaired) electrons. The highest BCUT2D eigenvalue weighted by molar-refractivity contribution is 5.88. The molecule has 0 amide bonds. The Balaban J connectivity index is 2.28. The molecule has 0 saturated carbocycles. The Morgan fingerprint density at radius 2 is 2.00 bits per heavy atom. The maximum absolute atomic E-state index is 11.4. The maximum Gasteiger partial charge on any atom is 0.346 e. The summed E-state index contributed by atoms with van der Waals surface area (Å²) in [7, 11) is 0. The lowest BCUT2D eigenvalue weighted by Crippen LogP contribution is -2.42. The van der Waals surface area contributed by atoms with Crippen molar-refractivity contribution >= 4 is 11.9 Å². The zero-order valence-electron chi connectivity index (χ0n) is 10.8. The number of rotatable bonds is 4. The molecule has 0 bridgehead atoms. The molecule has 0 aromatic heterocycles. The molecule has 6 nitrogen and oxygen atoms in total. The third-order valence-electron chi connectivity index (χ3n) is 2.46. The zero-order chi connectivity index (χ0) is 13.7. The summed E-state index contributed by atoms with van der Waals surface area (Å²) in [5.74, 6) is -1.31. The highest BCUT2D eigenvalue weighted by Gasteiger charge is 2.28. The van der Waals surface area contributed by atoms with Gasteiger partial charge in [-0.1, -0.05) is 6.58 Å². The van der Waals surface area contributed by atoms with E-state index in [9.17, 15) is 9.59 Å². The summed E-state index contributed by atoms with van der Waals surface area (Å²) in [6.45, 7) is 8.30. The molecule has 1 fully saturated rings. The average Bonchev–Trinajstić information content (AvgIpc) is 2.30. The Morgan fingerprint density at radius 1 is 1.33 bits per heavy atom. The normalized spacial score (nSPS) is 27.4. The van der Waals surface area contributed by atoms with E-state index >= 15 is 0 Å². The maximum atomic E-state index is 11.4. The van der Waals surface area contributed by atoms with E-state index in [1.54, 1.807) is 0 Å². The van der Waals surface area contributed by atoms with Crippen molar-refractivity contribution in [2.45, 2.75) is 39.3 Å². The fraction of sp³-hybridized carbons (Fsp3) is 0.667. The van der Waals surface area contributed by atoms with Gasteiger partial charge >= 0.3 is 11.9 Å². The van der Waals surface area contributed by atoms with Gasteiger partial charge in [-0.3, -0.25) is 0 Å². The minimum Gasteiger partial charge on any atom is -0.450 e. The number of ether oxygens (including phenoxy) is 4. The average molecular weight is 258 g/mol. The van der Waals surface area contributed by atoms with Gasteiger partial charge in [-0.05, 0) is 20.8 Å². The minimum absolute atomic E-state index is 0.0406. The second-order valence-corrected chi connectivity index (χ2v) is 4.16. The van der Waals surface area contributed by atoms with Crippen LogP contribution < -0.4 is 0 Å². The summed E-state index contributed by atoms with van der Waals surface area (Å²) >= 11 is 0. The largest absolute Gasteiger partial charge is 0.450 e. The van der Waals surface area contributed by atoms with Gasteiger partial charge in [-0.2, -0.15) is 0 Å². The number of hydrogen-bond donors (Lipinski definition) is 0. The number of carbonyl (C=O) groups excluding carboxylic acids is 2. The van der Waals surface area contributed by atoms with Crippen LogP contribution in [-0.4, -0.2) is 43.7 Å². The molecule has 0 N–H and O–H groups in total. The van der Waals surface area contributed by atoms with Gasteiger partial charge in [0.2, 0.25) is 6.29 Å². The van der Waals surface area contributed by atoms with Gasteiger partial charge in [-0.15, -0.1) is 0 Å². The lowest BCUT2D eigenvalue weighted by atomic mass is 10.2. The molecule has 1 saturated heterocycles. The van der Waals surface area contributed by atoms with Gasteiger partial charge in [0.25, 0.3) is 0 Å². The van der Waals surface area contributed by atoms with E-state index in [0.29, 0.717) is 0 Å². The molecule has 3 atom stereocenters. The fourth-order valence-electron chi connectivity index (χ4n) is 1.25. The first-order valence-electron chi connectivity index (χ1n) is 5.69. The van der Waals surface area contributed by atoms with Crippen molar-refractivity contribution in [2.24, 2.45) is 0 Å². The predicted molar refractivity (Wildman–Crippen MR) is 61.6 cm³/mol. The molecule has 1 aliphatic heterocycles. The first kappa shape index (κ1) is 14.7. The van der Waals surface area contributed by atoms with Crippen LogP contribution in [0.25, 0.3) is 0 Å². The molecule has 0 aromatic carbocycles. The molecule has 0 unspecified atom stereocenters. The number of hydrogen-bond acceptors (Lipinski definition) is 6. The van der Waals surface area contributed by atoms with Crippen LogP contribution in [0, 0.1) is 0 Å². The summed E-state index contributed by atoms with van der Waals surface area (Å²) in [6, 6.07) is 0. The van der Waals surface area contributed by atoms with Crippen LogP contribution in [0.2, 0.25) is 0 Å². The first-order chi connectivity index (χ1) is 8.40. The van der Waals surface area contributed by atoms with Crippen LogP contribution in [0.15, 0.2) is 12.2 Å². The number of carbonyl (C=O) groups is 2. The second kappa shape index (κ2) is 6.51. The van der Waals surface area contributed by atoms with E-state index in [4.69, 9.17) is 14.2 Å². The number of esters is 2. The summed E-state index contributed by atoms with van der Waals surface area (Å²) < 4.78 is 20.3. The standard InChI is InChI=1S/C12H18O6/c1-7(2)12(14)16-5-10(13)18-11-6-15-8(3)9(4)17-11/h8-9,11H,1,5-6H2,2-4H3/t8-,9-,11+/m0/s1. The van der Waals surface area contributed by atoms with Crippen molar-refractivity contribution in [3.05, 3.63) is 12.2 Å². The molecule has 1 heterocycles. The van der Waals surface area contributed by atoms with E-state index in [1.165, 1.54) is 6.92 Å². The first-order valence-corrected chi connectivity index (χ1v) is 5.69. The molecule has 102 valence electrons. The zero-order valence-corrected chi connectivity index (χ0v) is 10.8. The Kier molecular flexibility index (Phi) is 5.30. The van der Waals surface area contributed by atoms with Crippen molar-refractivity contribution < 1.29 is 28.5 Å². The Morgan fingerprint density at radius 3 is 2.56 bits per heavy atom. The monoisotopic (exact) mass is 258 g/mol. The van der Waals surface area contributed by atoms with Gasteiger partial charge in [0.1, 0.15) is 6.61 Å². The SMILES string of the molecule is C=C(C)C(=O)OCC(=O)O[C@@H]1CO[C@@H](C)[C@H](C)O1. The Labute approximate surface area is 106 Å². The lowest BCUT2D eigenvalue weighted by Gasteiger charge is -2.32. The third kappa shape index (κ3) is 4.46. The quantitative estimate of drug-likeness (QED) is 0.548. The Hall–Kier alpha value is -1.40. The summed E-state index contributed by atoms with van der Waals surface area (Å²) in [5.41, 5.74) is 0.225. The van der Waals surface area contributed by atoms with E-state index in [0.717, 1.165) is 0 Å². The van der Waals surface area contributed by atoms with Crippen molar-refractivity contribution in [1.82, 2.24) is 0 Å². The lowest BCUT2D eigenvalue weighted by molar-refractivity contribution is -0.254. The molecule has 1 rings (SSSR count). The molecule has 6 heteroatoms. The molecule has 0 spiro atoms. The van der Waals surface area contributed by atoms with Crippen LogP contribution in [-0.2, 0) is 28.5 Å². The van der Waals surface area contributed by atoms with Crippen LogP contribution >= 0.6 is 0 Å². The molecular weight excluding hydrogens is 240 g/mol. The predicted octanol–water partition coefficient (Wildman–Crippen LogP) is 0.799. The van der Waals surface area contributed by atoms with Gasteiger partial charge in [-0.25, -0.2) is 9.59 Å². The van der Waals surface area contributed by atoms with Crippen LogP contribution in [0.3, 0.4) is 0 Å². The van der Waals surface area contributed by atoms with E-state index in [2.05, 4.69) is 11.3 Å². The van der Waals surface area contributed by atoms with Gasteiger partial charge < -0.3 is 18.9 Å². The molecule has 18 heavy (non-hydrogen) atoms.